The SMILES string of the molecule is Cc1ccc(CC(CNC(=O)c2ccsc2)C(=O)O)cc1. The lowest BCUT2D eigenvalue weighted by Crippen LogP contribution is -2.33. The summed E-state index contributed by atoms with van der Waals surface area (Å²) < 4.78 is 0. The van der Waals surface area contributed by atoms with Gasteiger partial charge in [0.15, 0.2) is 0 Å². The molecule has 2 rings (SSSR count). The summed E-state index contributed by atoms with van der Waals surface area (Å²) in [5.74, 6) is -1.76. The summed E-state index contributed by atoms with van der Waals surface area (Å²) in [6.45, 7) is 2.11. The van der Waals surface area contributed by atoms with Crippen LogP contribution >= 0.6 is 11.3 Å². The molecule has 1 atom stereocenters. The zero-order valence-corrected chi connectivity index (χ0v) is 12.5. The minimum atomic E-state index is -0.902. The highest BCUT2D eigenvalue weighted by Gasteiger charge is 2.19. The smallest absolute Gasteiger partial charge is 0.308 e. The van der Waals surface area contributed by atoms with E-state index in [9.17, 15) is 14.7 Å². The molecule has 0 spiro atoms. The Kier molecular flexibility index (Phi) is 5.11. The number of hydrogen-bond acceptors (Lipinski definition) is 3. The van der Waals surface area contributed by atoms with Crippen LogP contribution in [0.1, 0.15) is 21.5 Å². The first-order chi connectivity index (χ1) is 10.1. The molecular formula is C16H17NO3S. The molecule has 2 aromatic rings. The second kappa shape index (κ2) is 7.04. The summed E-state index contributed by atoms with van der Waals surface area (Å²) in [5.41, 5.74) is 2.66. The molecule has 4 nitrogen and oxygen atoms in total. The van der Waals surface area contributed by atoms with Crippen LogP contribution in [0.4, 0.5) is 0 Å². The number of rotatable bonds is 6. The Morgan fingerprint density at radius 1 is 1.24 bits per heavy atom. The maximum absolute atomic E-state index is 11.8. The van der Waals surface area contributed by atoms with Crippen LogP contribution < -0.4 is 5.32 Å². The molecule has 0 aliphatic carbocycles. The average Bonchev–Trinajstić information content (AvgIpc) is 2.99. The van der Waals surface area contributed by atoms with Crippen molar-refractivity contribution in [3.63, 3.8) is 0 Å². The van der Waals surface area contributed by atoms with Gasteiger partial charge in [0.05, 0.1) is 5.92 Å². The van der Waals surface area contributed by atoms with Crippen molar-refractivity contribution in [1.82, 2.24) is 5.32 Å². The summed E-state index contributed by atoms with van der Waals surface area (Å²) in [6, 6.07) is 9.48. The van der Waals surface area contributed by atoms with Crippen LogP contribution in [0.2, 0.25) is 0 Å². The van der Waals surface area contributed by atoms with Crippen molar-refractivity contribution in [3.05, 3.63) is 57.8 Å². The number of carboxylic acids is 1. The molecule has 110 valence electrons. The molecule has 1 heterocycles. The highest BCUT2D eigenvalue weighted by atomic mass is 32.1. The predicted octanol–water partition coefficient (Wildman–Crippen LogP) is 2.73. The number of carboxylic acid groups (broad SMARTS) is 1. The Hall–Kier alpha value is -2.14. The Morgan fingerprint density at radius 2 is 1.95 bits per heavy atom. The Bertz CT molecular complexity index is 605. The summed E-state index contributed by atoms with van der Waals surface area (Å²) in [6.07, 6.45) is 0.402. The van der Waals surface area contributed by atoms with Gasteiger partial charge in [-0.15, -0.1) is 0 Å². The molecule has 1 amide bonds. The van der Waals surface area contributed by atoms with Crippen molar-refractivity contribution in [2.45, 2.75) is 13.3 Å². The van der Waals surface area contributed by atoms with Crippen LogP contribution in [-0.4, -0.2) is 23.5 Å². The van der Waals surface area contributed by atoms with E-state index in [1.54, 1.807) is 11.4 Å². The zero-order valence-electron chi connectivity index (χ0n) is 11.7. The third-order valence-electron chi connectivity index (χ3n) is 3.24. The lowest BCUT2D eigenvalue weighted by atomic mass is 9.98. The number of amides is 1. The highest BCUT2D eigenvalue weighted by Crippen LogP contribution is 2.11. The largest absolute Gasteiger partial charge is 0.481 e. The van der Waals surface area contributed by atoms with E-state index >= 15 is 0 Å². The van der Waals surface area contributed by atoms with Crippen LogP contribution in [0.3, 0.4) is 0 Å². The van der Waals surface area contributed by atoms with Gasteiger partial charge >= 0.3 is 5.97 Å². The predicted molar refractivity (Wildman–Crippen MR) is 82.7 cm³/mol. The van der Waals surface area contributed by atoms with Gasteiger partial charge in [0.1, 0.15) is 0 Å². The standard InChI is InChI=1S/C16H17NO3S/c1-11-2-4-12(5-3-11)8-14(16(19)20)9-17-15(18)13-6-7-21-10-13/h2-7,10,14H,8-9H2,1H3,(H,17,18)(H,19,20). The van der Waals surface area contributed by atoms with Gasteiger partial charge in [-0.3, -0.25) is 9.59 Å². The maximum Gasteiger partial charge on any atom is 0.308 e. The number of hydrogen-bond donors (Lipinski definition) is 2. The van der Waals surface area contributed by atoms with Gasteiger partial charge in [-0.1, -0.05) is 29.8 Å². The van der Waals surface area contributed by atoms with Crippen molar-refractivity contribution in [2.24, 2.45) is 5.92 Å². The molecule has 5 heteroatoms. The molecule has 0 bridgehead atoms. The van der Waals surface area contributed by atoms with Crippen molar-refractivity contribution < 1.29 is 14.7 Å². The summed E-state index contributed by atoms with van der Waals surface area (Å²) in [5, 5.41) is 15.5. The van der Waals surface area contributed by atoms with E-state index in [-0.39, 0.29) is 12.5 Å². The maximum atomic E-state index is 11.8. The molecule has 21 heavy (non-hydrogen) atoms. The zero-order chi connectivity index (χ0) is 15.2. The average molecular weight is 303 g/mol. The van der Waals surface area contributed by atoms with E-state index in [0.29, 0.717) is 12.0 Å². The molecular weight excluding hydrogens is 286 g/mol. The number of nitrogens with one attached hydrogen (secondary N) is 1. The van der Waals surface area contributed by atoms with E-state index in [2.05, 4.69) is 5.32 Å². The van der Waals surface area contributed by atoms with E-state index in [0.717, 1.165) is 11.1 Å². The third kappa shape index (κ3) is 4.43. The van der Waals surface area contributed by atoms with Crippen LogP contribution in [0, 0.1) is 12.8 Å². The van der Waals surface area contributed by atoms with Crippen LogP contribution in [-0.2, 0) is 11.2 Å². The second-order valence-electron chi connectivity index (χ2n) is 4.95. The lowest BCUT2D eigenvalue weighted by Gasteiger charge is -2.13. The monoisotopic (exact) mass is 303 g/mol. The topological polar surface area (TPSA) is 66.4 Å². The number of aryl methyl sites for hydroxylation is 1. The van der Waals surface area contributed by atoms with Crippen LogP contribution in [0.15, 0.2) is 41.1 Å². The first kappa shape index (κ1) is 15.3. The summed E-state index contributed by atoms with van der Waals surface area (Å²) >= 11 is 1.44. The summed E-state index contributed by atoms with van der Waals surface area (Å²) in [7, 11) is 0. The minimum absolute atomic E-state index is 0.123. The number of carbonyl (C=O) groups is 2. The normalized spacial score (nSPS) is 11.9. The first-order valence-corrected chi connectivity index (χ1v) is 7.59. The minimum Gasteiger partial charge on any atom is -0.481 e. The van der Waals surface area contributed by atoms with Crippen molar-refractivity contribution in [2.75, 3.05) is 6.54 Å². The van der Waals surface area contributed by atoms with Crippen molar-refractivity contribution in [1.29, 1.82) is 0 Å². The quantitative estimate of drug-likeness (QED) is 0.862. The molecule has 2 N–H and O–H groups in total. The molecule has 0 aliphatic rings. The van der Waals surface area contributed by atoms with E-state index < -0.39 is 11.9 Å². The Morgan fingerprint density at radius 3 is 2.52 bits per heavy atom. The van der Waals surface area contributed by atoms with Gasteiger partial charge < -0.3 is 10.4 Å². The van der Waals surface area contributed by atoms with Gasteiger partial charge in [0.2, 0.25) is 0 Å². The van der Waals surface area contributed by atoms with E-state index in [4.69, 9.17) is 0 Å². The third-order valence-corrected chi connectivity index (χ3v) is 3.93. The van der Waals surface area contributed by atoms with Crippen LogP contribution in [0.5, 0.6) is 0 Å². The first-order valence-electron chi connectivity index (χ1n) is 6.65. The fraction of sp³-hybridized carbons (Fsp3) is 0.250. The highest BCUT2D eigenvalue weighted by molar-refractivity contribution is 7.08. The fourth-order valence-corrected chi connectivity index (χ4v) is 2.60. The van der Waals surface area contributed by atoms with Gasteiger partial charge in [-0.25, -0.2) is 0 Å². The summed E-state index contributed by atoms with van der Waals surface area (Å²) in [4.78, 5) is 23.2. The Balaban J connectivity index is 1.94. The van der Waals surface area contributed by atoms with Gasteiger partial charge in [-0.2, -0.15) is 11.3 Å². The lowest BCUT2D eigenvalue weighted by molar-refractivity contribution is -0.141. The second-order valence-corrected chi connectivity index (χ2v) is 5.73. The van der Waals surface area contributed by atoms with Gasteiger partial charge in [0, 0.05) is 17.5 Å². The van der Waals surface area contributed by atoms with Crippen molar-refractivity contribution in [3.8, 4) is 0 Å². The van der Waals surface area contributed by atoms with Gasteiger partial charge in [0.25, 0.3) is 5.91 Å². The molecule has 1 aromatic carbocycles. The molecule has 1 aromatic heterocycles. The number of thiophene rings is 1. The van der Waals surface area contributed by atoms with Crippen molar-refractivity contribution >= 4 is 23.2 Å². The van der Waals surface area contributed by atoms with E-state index in [1.807, 2.05) is 36.6 Å². The molecule has 1 unspecified atom stereocenters. The molecule has 0 fully saturated rings. The van der Waals surface area contributed by atoms with Crippen LogP contribution in [0.25, 0.3) is 0 Å². The number of aliphatic carboxylic acids is 1. The molecule has 0 aliphatic heterocycles. The molecule has 0 saturated carbocycles. The molecule has 0 saturated heterocycles. The van der Waals surface area contributed by atoms with Gasteiger partial charge in [-0.05, 0) is 30.4 Å². The molecule has 0 radical (unpaired) electrons. The number of benzene rings is 1. The fourth-order valence-electron chi connectivity index (χ4n) is 1.97. The number of carbonyl (C=O) groups excluding carboxylic acids is 1. The van der Waals surface area contributed by atoms with E-state index in [1.165, 1.54) is 11.3 Å². The Labute approximate surface area is 127 Å².